The summed E-state index contributed by atoms with van der Waals surface area (Å²) in [6.07, 6.45) is 8.42. The van der Waals surface area contributed by atoms with Crippen LogP contribution in [0.1, 0.15) is 56.1 Å². The molecular formula is C58H49N6+. The van der Waals surface area contributed by atoms with Crippen LogP contribution in [0.25, 0.3) is 83.3 Å². The van der Waals surface area contributed by atoms with Gasteiger partial charge in [-0.3, -0.25) is 4.57 Å². The van der Waals surface area contributed by atoms with Crippen LogP contribution in [0.2, 0.25) is 0 Å². The lowest BCUT2D eigenvalue weighted by Gasteiger charge is -2.20. The molecule has 64 heavy (non-hydrogen) atoms. The highest BCUT2D eigenvalue weighted by Crippen LogP contribution is 2.37. The minimum Gasteiger partial charge on any atom is -0.328 e. The predicted octanol–water partition coefficient (Wildman–Crippen LogP) is 13.3. The van der Waals surface area contributed by atoms with Gasteiger partial charge in [-0.15, -0.1) is 0 Å². The van der Waals surface area contributed by atoms with Gasteiger partial charge >= 0.3 is 0 Å². The van der Waals surface area contributed by atoms with Crippen LogP contribution in [0.5, 0.6) is 0 Å². The monoisotopic (exact) mass is 829 g/mol. The molecule has 0 bridgehead atoms. The predicted molar refractivity (Wildman–Crippen MR) is 262 cm³/mol. The molecule has 0 amide bonds. The highest BCUT2D eigenvalue weighted by atomic mass is 15.2. The fourth-order valence-electron chi connectivity index (χ4n) is 10.1. The quantitative estimate of drug-likeness (QED) is 0.150. The van der Waals surface area contributed by atoms with Gasteiger partial charge < -0.3 is 4.57 Å². The molecule has 0 N–H and O–H groups in total. The summed E-state index contributed by atoms with van der Waals surface area (Å²) < 4.78 is 9.61. The molecule has 0 spiro atoms. The lowest BCUT2D eigenvalue weighted by atomic mass is 9.88. The van der Waals surface area contributed by atoms with E-state index in [4.69, 9.17) is 9.97 Å². The molecular weight excluding hydrogens is 781 g/mol. The fourth-order valence-corrected chi connectivity index (χ4v) is 10.1. The smallest absolute Gasteiger partial charge is 0.255 e. The highest BCUT2D eigenvalue weighted by Gasteiger charge is 2.28. The van der Waals surface area contributed by atoms with Gasteiger partial charge in [-0.2, -0.15) is 9.13 Å². The molecule has 6 nitrogen and oxygen atoms in total. The lowest BCUT2D eigenvalue weighted by Crippen LogP contribution is -2.31. The summed E-state index contributed by atoms with van der Waals surface area (Å²) in [5.74, 6) is 2.14. The van der Waals surface area contributed by atoms with E-state index in [-0.39, 0.29) is 5.41 Å². The van der Waals surface area contributed by atoms with Crippen LogP contribution >= 0.6 is 0 Å². The Balaban J connectivity index is 1.03. The molecule has 11 aromatic rings. The Morgan fingerprint density at radius 1 is 0.594 bits per heavy atom. The average Bonchev–Trinajstić information content (AvgIpc) is 4.00. The third kappa shape index (κ3) is 6.43. The highest BCUT2D eigenvalue weighted by molar-refractivity contribution is 6.09. The first kappa shape index (κ1) is 38.1. The molecule has 7 aromatic carbocycles. The number of para-hydroxylation sites is 2. The summed E-state index contributed by atoms with van der Waals surface area (Å²) in [7, 11) is 0. The largest absolute Gasteiger partial charge is 0.328 e. The van der Waals surface area contributed by atoms with Crippen molar-refractivity contribution >= 4 is 43.9 Å². The van der Waals surface area contributed by atoms with Crippen LogP contribution in [0.15, 0.2) is 182 Å². The number of imidazole rings is 2. The van der Waals surface area contributed by atoms with Gasteiger partial charge in [0, 0.05) is 53.2 Å². The van der Waals surface area contributed by atoms with E-state index in [1.165, 1.54) is 84.9 Å². The van der Waals surface area contributed by atoms with Crippen molar-refractivity contribution < 1.29 is 4.57 Å². The summed E-state index contributed by atoms with van der Waals surface area (Å²) in [6.45, 7) is 7.78. The second-order valence-electron chi connectivity index (χ2n) is 18.5. The second kappa shape index (κ2) is 15.1. The molecule has 0 unspecified atom stereocenters. The number of benzene rings is 7. The van der Waals surface area contributed by atoms with Crippen molar-refractivity contribution in [3.05, 3.63) is 205 Å². The number of aryl methyl sites for hydroxylation is 2. The second-order valence-corrected chi connectivity index (χ2v) is 18.5. The number of hydrogen-bond acceptors (Lipinski definition) is 2. The third-order valence-electron chi connectivity index (χ3n) is 13.3. The maximum atomic E-state index is 5.24. The van der Waals surface area contributed by atoms with Crippen LogP contribution in [-0.4, -0.2) is 23.7 Å². The molecule has 4 aromatic heterocycles. The molecule has 5 heterocycles. The van der Waals surface area contributed by atoms with Gasteiger partial charge in [0.15, 0.2) is 11.0 Å². The van der Waals surface area contributed by atoms with Crippen molar-refractivity contribution in [2.45, 2.75) is 58.4 Å². The zero-order valence-corrected chi connectivity index (χ0v) is 36.5. The number of nitrogens with zero attached hydrogens (tertiary/aromatic N) is 6. The molecule has 1 aliphatic heterocycles. The first-order valence-electron chi connectivity index (χ1n) is 22.6. The van der Waals surface area contributed by atoms with Crippen LogP contribution in [0, 0.1) is 0 Å². The normalized spacial score (nSPS) is 13.0. The Morgan fingerprint density at radius 3 is 2.09 bits per heavy atom. The fraction of sp³-hybridized carbons (Fsp3) is 0.155. The number of fused-ring (bicyclic) bond motifs is 7. The van der Waals surface area contributed by atoms with Crippen LogP contribution < -0.4 is 4.57 Å². The van der Waals surface area contributed by atoms with E-state index >= 15 is 0 Å². The van der Waals surface area contributed by atoms with Crippen molar-refractivity contribution in [2.24, 2.45) is 0 Å². The average molecular weight is 830 g/mol. The molecule has 310 valence electrons. The summed E-state index contributed by atoms with van der Waals surface area (Å²) in [5, 5.41) is 2.47. The van der Waals surface area contributed by atoms with Crippen molar-refractivity contribution in [1.29, 1.82) is 0 Å². The summed E-state index contributed by atoms with van der Waals surface area (Å²) in [6, 6.07) is 62.2. The zero-order chi connectivity index (χ0) is 42.9. The van der Waals surface area contributed by atoms with Crippen LogP contribution in [0.4, 0.5) is 0 Å². The Hall–Kier alpha value is -7.57. The molecule has 0 saturated carbocycles. The maximum absolute atomic E-state index is 5.24. The van der Waals surface area contributed by atoms with E-state index in [1.807, 2.05) is 6.20 Å². The first-order valence-corrected chi connectivity index (χ1v) is 22.6. The number of rotatable bonds is 7. The number of pyridine rings is 1. The number of aromatic nitrogens is 6. The Kier molecular flexibility index (Phi) is 8.97. The summed E-state index contributed by atoms with van der Waals surface area (Å²) in [4.78, 5) is 10.2. The van der Waals surface area contributed by atoms with Crippen LogP contribution in [0.3, 0.4) is 0 Å². The maximum Gasteiger partial charge on any atom is 0.255 e. The minimum atomic E-state index is 0.0104. The SMILES string of the molecule is CC(C)(C)c1ccnc(-n2c3ccccc3c3ccc(Cc4cccc(-n5c[n+](-c6c(-c7ccccc7)cccc6-c6ccccc6)c6cc7c(cc65)nc5n7CCCC5)c4)cc32)c1. The van der Waals surface area contributed by atoms with E-state index in [0.717, 1.165) is 53.1 Å². The Morgan fingerprint density at radius 2 is 1.31 bits per heavy atom. The summed E-state index contributed by atoms with van der Waals surface area (Å²) >= 11 is 0. The molecule has 0 aliphatic carbocycles. The molecule has 1 aliphatic rings. The van der Waals surface area contributed by atoms with Crippen molar-refractivity contribution in [3.63, 3.8) is 0 Å². The molecule has 6 heteroatoms. The van der Waals surface area contributed by atoms with Gasteiger partial charge in [-0.25, -0.2) is 9.97 Å². The van der Waals surface area contributed by atoms with Gasteiger partial charge in [0.25, 0.3) is 6.33 Å². The van der Waals surface area contributed by atoms with Gasteiger partial charge in [0.05, 0.1) is 22.1 Å². The third-order valence-corrected chi connectivity index (χ3v) is 13.3. The van der Waals surface area contributed by atoms with Crippen molar-refractivity contribution in [2.75, 3.05) is 0 Å². The first-order chi connectivity index (χ1) is 31.4. The molecule has 0 saturated heterocycles. The molecule has 12 rings (SSSR count). The van der Waals surface area contributed by atoms with Gasteiger partial charge in [0.1, 0.15) is 23.0 Å². The topological polar surface area (TPSA) is 44.4 Å². The van der Waals surface area contributed by atoms with Crippen molar-refractivity contribution in [3.8, 4) is 39.4 Å². The van der Waals surface area contributed by atoms with Gasteiger partial charge in [0.2, 0.25) is 0 Å². The van der Waals surface area contributed by atoms with E-state index in [2.05, 4.69) is 215 Å². The van der Waals surface area contributed by atoms with Gasteiger partial charge in [-0.1, -0.05) is 142 Å². The zero-order valence-electron chi connectivity index (χ0n) is 36.5. The molecule has 0 radical (unpaired) electrons. The van der Waals surface area contributed by atoms with E-state index in [9.17, 15) is 0 Å². The van der Waals surface area contributed by atoms with Crippen molar-refractivity contribution in [1.82, 2.24) is 23.7 Å². The number of hydrogen-bond donors (Lipinski definition) is 0. The molecule has 0 atom stereocenters. The minimum absolute atomic E-state index is 0.0104. The van der Waals surface area contributed by atoms with E-state index in [1.54, 1.807) is 0 Å². The van der Waals surface area contributed by atoms with Gasteiger partial charge in [-0.05, 0) is 88.9 Å². The van der Waals surface area contributed by atoms with E-state index < -0.39 is 0 Å². The lowest BCUT2D eigenvalue weighted by molar-refractivity contribution is -0.566. The Bertz CT molecular complexity index is 3510. The van der Waals surface area contributed by atoms with E-state index in [0.29, 0.717) is 0 Å². The standard InChI is InChI=1S/C58H49N6/c1-58(2,3)43-29-30-59-56(35-43)64-50-25-11-10-22-47(50)48-28-27-40(34-51(48)64)32-39-16-14-21-44(33-39)62-38-63(54-37-52-49(36-53(54)62)60-55-26-12-13-31-61(52)55)57-45(41-17-6-4-7-18-41)23-15-24-46(57)42-19-8-5-9-20-42/h4-11,14-25,27-30,33-38H,12-13,26,31-32H2,1-3H3/q+1. The molecule has 0 fully saturated rings. The van der Waals surface area contributed by atoms with Crippen LogP contribution in [-0.2, 0) is 24.8 Å². The Labute approximate surface area is 373 Å². The summed E-state index contributed by atoms with van der Waals surface area (Å²) in [5.41, 5.74) is 17.6.